The first-order valence-electron chi connectivity index (χ1n) is 4.43. The first-order chi connectivity index (χ1) is 7.26. The number of nitrogens with zero attached hydrogens (tertiary/aromatic N) is 1. The van der Waals surface area contributed by atoms with Gasteiger partial charge in [-0.1, -0.05) is 0 Å². The van der Waals surface area contributed by atoms with E-state index in [-0.39, 0.29) is 4.90 Å². The molecule has 6 nitrogen and oxygen atoms in total. The van der Waals surface area contributed by atoms with Crippen LogP contribution in [0.2, 0.25) is 0 Å². The zero-order valence-corrected chi connectivity index (χ0v) is 9.65. The van der Waals surface area contributed by atoms with Crippen LogP contribution in [0.3, 0.4) is 0 Å². The van der Waals surface area contributed by atoms with Crippen LogP contribution in [0.4, 0.5) is 0 Å². The molecule has 0 aliphatic heterocycles. The van der Waals surface area contributed by atoms with Gasteiger partial charge in [0.05, 0.1) is 0 Å². The molecule has 1 rings (SSSR count). The molecule has 0 aromatic carbocycles. The molecular weight excluding hydrogens is 232 g/mol. The van der Waals surface area contributed by atoms with Crippen molar-refractivity contribution in [3.63, 3.8) is 0 Å². The summed E-state index contributed by atoms with van der Waals surface area (Å²) in [4.78, 5) is 14.4. The molecule has 88 valence electrons. The largest absolute Gasteiger partial charge is 0.480 e. The quantitative estimate of drug-likeness (QED) is 0.790. The van der Waals surface area contributed by atoms with Crippen LogP contribution in [0.15, 0.2) is 29.4 Å². The van der Waals surface area contributed by atoms with Crippen molar-refractivity contribution in [1.82, 2.24) is 9.71 Å². The Kier molecular flexibility index (Phi) is 3.30. The van der Waals surface area contributed by atoms with Crippen molar-refractivity contribution >= 4 is 16.0 Å². The Hall–Kier alpha value is -1.47. The number of aliphatic carboxylic acids is 1. The maximum Gasteiger partial charge on any atom is 0.324 e. The van der Waals surface area contributed by atoms with Crippen LogP contribution < -0.4 is 4.72 Å². The van der Waals surface area contributed by atoms with E-state index in [2.05, 4.69) is 9.71 Å². The van der Waals surface area contributed by atoms with E-state index in [1.165, 1.54) is 32.2 Å². The van der Waals surface area contributed by atoms with E-state index >= 15 is 0 Å². The number of rotatable bonds is 4. The fraction of sp³-hybridized carbons (Fsp3) is 0.333. The van der Waals surface area contributed by atoms with Crippen LogP contribution in [-0.4, -0.2) is 30.0 Å². The summed E-state index contributed by atoms with van der Waals surface area (Å²) in [5, 5.41) is 8.81. The molecule has 0 radical (unpaired) electrons. The third-order valence-electron chi connectivity index (χ3n) is 1.87. The average Bonchev–Trinajstić information content (AvgIpc) is 2.17. The van der Waals surface area contributed by atoms with Crippen LogP contribution in [0.1, 0.15) is 13.8 Å². The first kappa shape index (κ1) is 12.6. The van der Waals surface area contributed by atoms with Gasteiger partial charge in [-0.05, 0) is 26.0 Å². The summed E-state index contributed by atoms with van der Waals surface area (Å²) in [6.45, 7) is 2.53. The third kappa shape index (κ3) is 2.77. The normalized spacial score (nSPS) is 12.4. The predicted molar refractivity (Wildman–Crippen MR) is 56.3 cm³/mol. The van der Waals surface area contributed by atoms with E-state index in [1.54, 1.807) is 0 Å². The molecule has 1 heterocycles. The van der Waals surface area contributed by atoms with Gasteiger partial charge in [0.25, 0.3) is 0 Å². The highest BCUT2D eigenvalue weighted by Gasteiger charge is 2.32. The second-order valence-corrected chi connectivity index (χ2v) is 5.41. The van der Waals surface area contributed by atoms with Crippen molar-refractivity contribution in [2.75, 3.05) is 0 Å². The highest BCUT2D eigenvalue weighted by Crippen LogP contribution is 2.11. The second-order valence-electron chi connectivity index (χ2n) is 3.72. The van der Waals surface area contributed by atoms with Crippen molar-refractivity contribution in [2.45, 2.75) is 24.3 Å². The molecule has 0 saturated heterocycles. The number of sulfonamides is 1. The fourth-order valence-corrected chi connectivity index (χ4v) is 2.28. The Morgan fingerprint density at radius 3 is 2.56 bits per heavy atom. The van der Waals surface area contributed by atoms with Gasteiger partial charge in [-0.15, -0.1) is 0 Å². The van der Waals surface area contributed by atoms with Gasteiger partial charge in [-0.3, -0.25) is 9.78 Å². The van der Waals surface area contributed by atoms with Gasteiger partial charge in [0, 0.05) is 12.4 Å². The van der Waals surface area contributed by atoms with E-state index in [0.29, 0.717) is 0 Å². The predicted octanol–water partition coefficient (Wildman–Crippen LogP) is 0.223. The minimum absolute atomic E-state index is 0.0654. The van der Waals surface area contributed by atoms with E-state index in [1.807, 2.05) is 0 Å². The molecule has 1 aromatic rings. The Morgan fingerprint density at radius 2 is 2.12 bits per heavy atom. The molecule has 16 heavy (non-hydrogen) atoms. The van der Waals surface area contributed by atoms with Crippen molar-refractivity contribution in [2.24, 2.45) is 0 Å². The molecule has 2 N–H and O–H groups in total. The van der Waals surface area contributed by atoms with E-state index in [4.69, 9.17) is 5.11 Å². The lowest BCUT2D eigenvalue weighted by molar-refractivity contribution is -0.142. The van der Waals surface area contributed by atoms with Crippen molar-refractivity contribution < 1.29 is 18.3 Å². The monoisotopic (exact) mass is 244 g/mol. The summed E-state index contributed by atoms with van der Waals surface area (Å²) in [5.41, 5.74) is -1.56. The highest BCUT2D eigenvalue weighted by molar-refractivity contribution is 7.89. The number of hydrogen-bond acceptors (Lipinski definition) is 4. The minimum atomic E-state index is -3.86. The topological polar surface area (TPSA) is 96.4 Å². The van der Waals surface area contributed by atoms with Crippen molar-refractivity contribution in [1.29, 1.82) is 0 Å². The molecule has 1 aromatic heterocycles. The summed E-state index contributed by atoms with van der Waals surface area (Å²) >= 11 is 0. The van der Waals surface area contributed by atoms with Gasteiger partial charge in [0.1, 0.15) is 10.4 Å². The Labute approximate surface area is 93.4 Å². The number of carbonyl (C=O) groups is 1. The van der Waals surface area contributed by atoms with Crippen LogP contribution in [-0.2, 0) is 14.8 Å². The molecule has 0 atom stereocenters. The highest BCUT2D eigenvalue weighted by atomic mass is 32.2. The Bertz CT molecular complexity index is 481. The summed E-state index contributed by atoms with van der Waals surface area (Å²) in [6, 6.07) is 2.80. The van der Waals surface area contributed by atoms with Gasteiger partial charge >= 0.3 is 5.97 Å². The van der Waals surface area contributed by atoms with E-state index < -0.39 is 21.5 Å². The minimum Gasteiger partial charge on any atom is -0.480 e. The molecule has 0 bridgehead atoms. The standard InChI is InChI=1S/C9H12N2O4S/c1-9(2,8(12)13)11-16(14,15)7-4-3-5-10-6-7/h3-6,11H,1-2H3,(H,12,13). The first-order valence-corrected chi connectivity index (χ1v) is 5.91. The molecule has 0 unspecified atom stereocenters. The number of hydrogen-bond donors (Lipinski definition) is 2. The third-order valence-corrected chi connectivity index (χ3v) is 3.51. The van der Waals surface area contributed by atoms with Gasteiger partial charge in [0.2, 0.25) is 10.0 Å². The average molecular weight is 244 g/mol. The van der Waals surface area contributed by atoms with Crippen LogP contribution >= 0.6 is 0 Å². The number of carboxylic acids is 1. The maximum atomic E-state index is 11.7. The fourth-order valence-electron chi connectivity index (χ4n) is 0.945. The molecule has 0 fully saturated rings. The number of pyridine rings is 1. The molecule has 0 amide bonds. The van der Waals surface area contributed by atoms with Crippen molar-refractivity contribution in [3.05, 3.63) is 24.5 Å². The van der Waals surface area contributed by atoms with Gasteiger partial charge in [0.15, 0.2) is 0 Å². The lowest BCUT2D eigenvalue weighted by Crippen LogP contribution is -2.49. The Morgan fingerprint density at radius 1 is 1.50 bits per heavy atom. The van der Waals surface area contributed by atoms with Crippen molar-refractivity contribution in [3.8, 4) is 0 Å². The SMILES string of the molecule is CC(C)(NS(=O)(=O)c1cccnc1)C(=O)O. The number of carboxylic acid groups (broad SMARTS) is 1. The van der Waals surface area contributed by atoms with Gasteiger partial charge in [-0.25, -0.2) is 8.42 Å². The second kappa shape index (κ2) is 4.18. The van der Waals surface area contributed by atoms with Crippen LogP contribution in [0.5, 0.6) is 0 Å². The zero-order chi connectivity index (χ0) is 12.4. The van der Waals surface area contributed by atoms with E-state index in [9.17, 15) is 13.2 Å². The number of aromatic nitrogens is 1. The molecule has 0 aliphatic rings. The lowest BCUT2D eigenvalue weighted by atomic mass is 10.1. The molecule has 0 spiro atoms. The van der Waals surface area contributed by atoms with Gasteiger partial charge < -0.3 is 5.11 Å². The summed E-state index contributed by atoms with van der Waals surface area (Å²) in [7, 11) is -3.86. The summed E-state index contributed by atoms with van der Waals surface area (Å²) in [5.74, 6) is -1.25. The van der Waals surface area contributed by atoms with Gasteiger partial charge in [-0.2, -0.15) is 4.72 Å². The summed E-state index contributed by atoms with van der Waals surface area (Å²) < 4.78 is 25.6. The number of nitrogens with one attached hydrogen (secondary N) is 1. The van der Waals surface area contributed by atoms with Crippen LogP contribution in [0, 0.1) is 0 Å². The van der Waals surface area contributed by atoms with E-state index in [0.717, 1.165) is 6.20 Å². The Balaban J connectivity index is 3.03. The molecule has 0 saturated carbocycles. The summed E-state index contributed by atoms with van der Waals surface area (Å²) in [6.07, 6.45) is 2.58. The zero-order valence-electron chi connectivity index (χ0n) is 8.84. The smallest absolute Gasteiger partial charge is 0.324 e. The lowest BCUT2D eigenvalue weighted by Gasteiger charge is -2.20. The maximum absolute atomic E-state index is 11.7. The molecule has 7 heteroatoms. The van der Waals surface area contributed by atoms with Crippen LogP contribution in [0.25, 0.3) is 0 Å². The molecular formula is C9H12N2O4S. The molecule has 0 aliphatic carbocycles.